The normalized spacial score (nSPS) is 12.5. The average molecular weight is 242 g/mol. The molecule has 0 aromatic carbocycles. The first kappa shape index (κ1) is 15.9. The quantitative estimate of drug-likeness (QED) is 0.574. The van der Waals surface area contributed by atoms with Crippen LogP contribution in [0.4, 0.5) is 0 Å². The Morgan fingerprint density at radius 3 is 1.56 bits per heavy atom. The molecule has 0 fully saturated rings. The van der Waals surface area contributed by atoms with E-state index in [1.807, 2.05) is 0 Å². The molecule has 0 heterocycles. The molecule has 0 saturated carbocycles. The summed E-state index contributed by atoms with van der Waals surface area (Å²) < 4.78 is 5.39. The number of allylic oxidation sites excluding steroid dienone is 1. The third-order valence-electron chi connectivity index (χ3n) is 2.95. The van der Waals surface area contributed by atoms with Gasteiger partial charge in [-0.05, 0) is 45.9 Å². The molecule has 0 aliphatic rings. The monoisotopic (exact) mass is 242 g/mol. The predicted molar refractivity (Wildman–Crippen MR) is 77.0 cm³/mol. The standard InChI is InChI=1S/C13H30N2Si/c1-6-11-14(9-4)16(13-8-3)15(10-5)12-7-2/h8,13,16H,6-7,9-12H2,1-5H3. The van der Waals surface area contributed by atoms with Crippen molar-refractivity contribution in [2.45, 2.75) is 47.5 Å². The van der Waals surface area contributed by atoms with Crippen molar-refractivity contribution in [2.24, 2.45) is 0 Å². The van der Waals surface area contributed by atoms with Gasteiger partial charge < -0.3 is 9.13 Å². The highest BCUT2D eigenvalue weighted by Crippen LogP contribution is 2.06. The van der Waals surface area contributed by atoms with Gasteiger partial charge in [-0.25, -0.2) is 0 Å². The van der Waals surface area contributed by atoms with Crippen LogP contribution in [0.15, 0.2) is 11.8 Å². The van der Waals surface area contributed by atoms with Gasteiger partial charge in [0, 0.05) is 0 Å². The number of hydrogen-bond acceptors (Lipinski definition) is 2. The summed E-state index contributed by atoms with van der Waals surface area (Å²) in [5.74, 6) is 0. The Hall–Kier alpha value is -0.123. The smallest absolute Gasteiger partial charge is 0.215 e. The first-order valence-electron chi connectivity index (χ1n) is 6.85. The van der Waals surface area contributed by atoms with Crippen LogP contribution < -0.4 is 0 Å². The average Bonchev–Trinajstić information content (AvgIpc) is 2.31. The molecule has 0 atom stereocenters. The number of rotatable bonds is 9. The van der Waals surface area contributed by atoms with Crippen LogP contribution in [0.2, 0.25) is 0 Å². The zero-order valence-electron chi connectivity index (χ0n) is 11.9. The largest absolute Gasteiger partial charge is 0.311 e. The fourth-order valence-electron chi connectivity index (χ4n) is 2.18. The van der Waals surface area contributed by atoms with Gasteiger partial charge in [-0.2, -0.15) is 0 Å². The van der Waals surface area contributed by atoms with Crippen LogP contribution in [0.25, 0.3) is 0 Å². The number of hydrogen-bond donors (Lipinski definition) is 0. The van der Waals surface area contributed by atoms with E-state index in [9.17, 15) is 0 Å². The van der Waals surface area contributed by atoms with Crippen LogP contribution in [-0.2, 0) is 0 Å². The summed E-state index contributed by atoms with van der Waals surface area (Å²) in [5, 5.41) is 0. The summed E-state index contributed by atoms with van der Waals surface area (Å²) in [6, 6.07) is 0. The Kier molecular flexibility index (Phi) is 9.98. The highest BCUT2D eigenvalue weighted by Gasteiger charge is 2.21. The van der Waals surface area contributed by atoms with Crippen molar-refractivity contribution in [3.05, 3.63) is 11.8 Å². The van der Waals surface area contributed by atoms with Gasteiger partial charge in [0.05, 0.1) is 0 Å². The molecule has 0 aromatic rings. The lowest BCUT2D eigenvalue weighted by atomic mass is 10.5. The van der Waals surface area contributed by atoms with Gasteiger partial charge >= 0.3 is 0 Å². The highest BCUT2D eigenvalue weighted by molar-refractivity contribution is 6.58. The molecular formula is C13H30N2Si. The summed E-state index contributed by atoms with van der Waals surface area (Å²) in [7, 11) is -1.01. The van der Waals surface area contributed by atoms with Crippen molar-refractivity contribution in [2.75, 3.05) is 26.2 Å². The van der Waals surface area contributed by atoms with Gasteiger partial charge in [0.1, 0.15) is 0 Å². The second-order valence-corrected chi connectivity index (χ2v) is 6.87. The van der Waals surface area contributed by atoms with Crippen LogP contribution in [0.1, 0.15) is 47.5 Å². The minimum absolute atomic E-state index is 1.01. The second-order valence-electron chi connectivity index (χ2n) is 4.20. The van der Waals surface area contributed by atoms with Crippen molar-refractivity contribution in [1.29, 1.82) is 0 Å². The Balaban J connectivity index is 4.64. The van der Waals surface area contributed by atoms with E-state index in [0.717, 1.165) is 0 Å². The fraction of sp³-hybridized carbons (Fsp3) is 0.846. The van der Waals surface area contributed by atoms with E-state index in [-0.39, 0.29) is 0 Å². The van der Waals surface area contributed by atoms with Gasteiger partial charge in [0.15, 0.2) is 0 Å². The minimum atomic E-state index is -1.01. The summed E-state index contributed by atoms with van der Waals surface area (Å²) >= 11 is 0. The molecule has 0 N–H and O–H groups in total. The van der Waals surface area contributed by atoms with Crippen LogP contribution in [-0.4, -0.2) is 44.4 Å². The van der Waals surface area contributed by atoms with Crippen molar-refractivity contribution >= 4 is 9.12 Å². The molecule has 0 rings (SSSR count). The maximum atomic E-state index is 2.69. The molecule has 96 valence electrons. The zero-order valence-corrected chi connectivity index (χ0v) is 13.0. The van der Waals surface area contributed by atoms with Crippen molar-refractivity contribution in [3.8, 4) is 0 Å². The fourth-order valence-corrected chi connectivity index (χ4v) is 5.26. The van der Waals surface area contributed by atoms with Gasteiger partial charge in [-0.1, -0.05) is 39.5 Å². The second kappa shape index (κ2) is 10.1. The molecule has 0 unspecified atom stereocenters. The molecule has 16 heavy (non-hydrogen) atoms. The van der Waals surface area contributed by atoms with Crippen molar-refractivity contribution < 1.29 is 0 Å². The summed E-state index contributed by atoms with van der Waals surface area (Å²) in [5.41, 5.74) is 2.47. The third kappa shape index (κ3) is 5.28. The molecule has 3 heteroatoms. The molecule has 0 saturated heterocycles. The topological polar surface area (TPSA) is 6.48 Å². The lowest BCUT2D eigenvalue weighted by Gasteiger charge is -2.35. The Labute approximate surface area is 104 Å². The zero-order chi connectivity index (χ0) is 12.4. The first-order chi connectivity index (χ1) is 7.74. The summed E-state index contributed by atoms with van der Waals surface area (Å²) in [6.07, 6.45) is 4.77. The molecule has 0 amide bonds. The van der Waals surface area contributed by atoms with E-state index in [1.165, 1.54) is 39.0 Å². The summed E-state index contributed by atoms with van der Waals surface area (Å²) in [6.45, 7) is 16.2. The molecule has 0 aromatic heterocycles. The van der Waals surface area contributed by atoms with Gasteiger partial charge in [0.25, 0.3) is 0 Å². The maximum absolute atomic E-state index is 2.69. The van der Waals surface area contributed by atoms with Crippen LogP contribution in [0.3, 0.4) is 0 Å². The maximum Gasteiger partial charge on any atom is 0.215 e. The lowest BCUT2D eigenvalue weighted by Crippen LogP contribution is -2.52. The Morgan fingerprint density at radius 1 is 0.875 bits per heavy atom. The van der Waals surface area contributed by atoms with E-state index in [4.69, 9.17) is 0 Å². The van der Waals surface area contributed by atoms with E-state index < -0.39 is 9.12 Å². The summed E-state index contributed by atoms with van der Waals surface area (Å²) in [4.78, 5) is 0. The van der Waals surface area contributed by atoms with Gasteiger partial charge in [-0.3, -0.25) is 0 Å². The molecular weight excluding hydrogens is 212 g/mol. The predicted octanol–water partition coefficient (Wildman–Crippen LogP) is 2.79. The highest BCUT2D eigenvalue weighted by atomic mass is 28.3. The van der Waals surface area contributed by atoms with Crippen LogP contribution in [0.5, 0.6) is 0 Å². The molecule has 0 radical (unpaired) electrons. The van der Waals surface area contributed by atoms with E-state index in [0.29, 0.717) is 0 Å². The number of nitrogens with zero attached hydrogens (tertiary/aromatic N) is 2. The minimum Gasteiger partial charge on any atom is -0.311 e. The molecule has 2 nitrogen and oxygen atoms in total. The van der Waals surface area contributed by atoms with Crippen molar-refractivity contribution in [1.82, 2.24) is 9.13 Å². The van der Waals surface area contributed by atoms with E-state index in [2.05, 4.69) is 55.5 Å². The first-order valence-corrected chi connectivity index (χ1v) is 8.55. The molecule has 0 aliphatic carbocycles. The molecule has 0 aliphatic heterocycles. The van der Waals surface area contributed by atoms with Crippen LogP contribution in [0, 0.1) is 0 Å². The van der Waals surface area contributed by atoms with E-state index >= 15 is 0 Å². The SMILES string of the molecule is CC=C[SiH](N(CC)CCC)N(CC)CCC. The Morgan fingerprint density at radius 2 is 1.31 bits per heavy atom. The van der Waals surface area contributed by atoms with Crippen LogP contribution >= 0.6 is 0 Å². The molecule has 0 spiro atoms. The van der Waals surface area contributed by atoms with E-state index in [1.54, 1.807) is 0 Å². The molecule has 0 bridgehead atoms. The lowest BCUT2D eigenvalue weighted by molar-refractivity contribution is 0.365. The Bertz CT molecular complexity index is 169. The van der Waals surface area contributed by atoms with Gasteiger partial charge in [0.2, 0.25) is 9.12 Å². The van der Waals surface area contributed by atoms with Crippen molar-refractivity contribution in [3.63, 3.8) is 0 Å². The van der Waals surface area contributed by atoms with Gasteiger partial charge in [-0.15, -0.1) is 0 Å². The third-order valence-corrected chi connectivity index (χ3v) is 6.42.